The average molecular weight is 274 g/mol. The molecule has 2 nitrogen and oxygen atoms in total. The van der Waals surface area contributed by atoms with Gasteiger partial charge in [0.2, 0.25) is 0 Å². The molecule has 1 fully saturated rings. The predicted octanol–water partition coefficient (Wildman–Crippen LogP) is 3.77. The zero-order valence-electron chi connectivity index (χ0n) is 13.6. The van der Waals surface area contributed by atoms with E-state index in [9.17, 15) is 0 Å². The van der Waals surface area contributed by atoms with E-state index >= 15 is 0 Å². The van der Waals surface area contributed by atoms with Crippen LogP contribution in [0, 0.1) is 0 Å². The normalized spacial score (nSPS) is 19.4. The highest BCUT2D eigenvalue weighted by Crippen LogP contribution is 2.27. The van der Waals surface area contributed by atoms with E-state index in [4.69, 9.17) is 0 Å². The molecule has 1 aromatic rings. The molecule has 1 aliphatic rings. The largest absolute Gasteiger partial charge is 0.314 e. The predicted molar refractivity (Wildman–Crippen MR) is 87.1 cm³/mol. The first kappa shape index (κ1) is 15.5. The molecule has 2 rings (SSSR count). The first-order chi connectivity index (χ1) is 9.61. The van der Waals surface area contributed by atoms with Crippen molar-refractivity contribution in [2.24, 2.45) is 0 Å². The smallest absolute Gasteiger partial charge is 0.0332 e. The van der Waals surface area contributed by atoms with Crippen molar-refractivity contribution in [1.29, 1.82) is 0 Å². The number of nitrogens with one attached hydrogen (secondary N) is 1. The second-order valence-electron chi connectivity index (χ2n) is 6.43. The Bertz CT molecular complexity index is 404. The minimum Gasteiger partial charge on any atom is -0.314 e. The van der Waals surface area contributed by atoms with Gasteiger partial charge < -0.3 is 5.32 Å². The third-order valence-electron chi connectivity index (χ3n) is 5.02. The molecule has 0 aliphatic carbocycles. The van der Waals surface area contributed by atoms with Gasteiger partial charge in [-0.3, -0.25) is 4.90 Å². The summed E-state index contributed by atoms with van der Waals surface area (Å²) in [6.45, 7) is 13.6. The molecule has 1 heterocycles. The second kappa shape index (κ2) is 6.73. The molecule has 1 aromatic carbocycles. The van der Waals surface area contributed by atoms with E-state index in [0.29, 0.717) is 11.5 Å². The maximum absolute atomic E-state index is 3.58. The minimum absolute atomic E-state index is 0.342. The zero-order chi connectivity index (χ0) is 14.6. The molecule has 1 aliphatic heterocycles. The van der Waals surface area contributed by atoms with Gasteiger partial charge in [-0.05, 0) is 29.9 Å². The minimum atomic E-state index is 0.342. The quantitative estimate of drug-likeness (QED) is 0.879. The molecule has 0 aromatic heterocycles. The van der Waals surface area contributed by atoms with Gasteiger partial charge in [-0.1, -0.05) is 52.0 Å². The van der Waals surface area contributed by atoms with Crippen LogP contribution in [0.5, 0.6) is 0 Å². The highest BCUT2D eigenvalue weighted by Gasteiger charge is 2.35. The SMILES string of the molecule is CCC1(CC)CNCCN1Cc1ccc(C(C)C)cc1. The molecule has 112 valence electrons. The summed E-state index contributed by atoms with van der Waals surface area (Å²) in [6.07, 6.45) is 2.45. The number of benzene rings is 1. The summed E-state index contributed by atoms with van der Waals surface area (Å²) >= 11 is 0. The number of nitrogens with zero attached hydrogens (tertiary/aromatic N) is 1. The van der Waals surface area contributed by atoms with E-state index < -0.39 is 0 Å². The highest BCUT2D eigenvalue weighted by molar-refractivity contribution is 5.25. The van der Waals surface area contributed by atoms with E-state index in [-0.39, 0.29) is 0 Å². The van der Waals surface area contributed by atoms with E-state index in [2.05, 4.69) is 62.2 Å². The number of hydrogen-bond acceptors (Lipinski definition) is 2. The summed E-state index contributed by atoms with van der Waals surface area (Å²) in [5.74, 6) is 0.619. The lowest BCUT2D eigenvalue weighted by Gasteiger charge is -2.47. The molecular weight excluding hydrogens is 244 g/mol. The van der Waals surface area contributed by atoms with Crippen LogP contribution in [0.25, 0.3) is 0 Å². The Kier molecular flexibility index (Phi) is 5.22. The van der Waals surface area contributed by atoms with Crippen molar-refractivity contribution in [2.45, 2.75) is 58.5 Å². The molecule has 0 atom stereocenters. The molecule has 0 unspecified atom stereocenters. The summed E-state index contributed by atoms with van der Waals surface area (Å²) < 4.78 is 0. The molecular formula is C18H30N2. The van der Waals surface area contributed by atoms with Gasteiger partial charge in [0.05, 0.1) is 0 Å². The molecule has 2 heteroatoms. The van der Waals surface area contributed by atoms with Crippen LogP contribution in [0.1, 0.15) is 57.6 Å². The standard InChI is InChI=1S/C18H30N2/c1-5-18(6-2)14-19-11-12-20(18)13-16-7-9-17(10-8-16)15(3)4/h7-10,15,19H,5-6,11-14H2,1-4H3. The van der Waals surface area contributed by atoms with Crippen LogP contribution in [0.2, 0.25) is 0 Å². The van der Waals surface area contributed by atoms with Crippen molar-refractivity contribution in [3.8, 4) is 0 Å². The van der Waals surface area contributed by atoms with Gasteiger partial charge in [-0.25, -0.2) is 0 Å². The van der Waals surface area contributed by atoms with E-state index in [0.717, 1.165) is 26.2 Å². The van der Waals surface area contributed by atoms with Gasteiger partial charge in [0, 0.05) is 31.7 Å². The third kappa shape index (κ3) is 3.24. The van der Waals surface area contributed by atoms with Crippen molar-refractivity contribution in [3.63, 3.8) is 0 Å². The van der Waals surface area contributed by atoms with Crippen LogP contribution >= 0.6 is 0 Å². The maximum atomic E-state index is 3.58. The zero-order valence-corrected chi connectivity index (χ0v) is 13.6. The summed E-state index contributed by atoms with van der Waals surface area (Å²) in [6, 6.07) is 9.21. The number of rotatable bonds is 5. The summed E-state index contributed by atoms with van der Waals surface area (Å²) in [5, 5.41) is 3.58. The Morgan fingerprint density at radius 3 is 2.35 bits per heavy atom. The monoisotopic (exact) mass is 274 g/mol. The fraction of sp³-hybridized carbons (Fsp3) is 0.667. The fourth-order valence-electron chi connectivity index (χ4n) is 3.31. The van der Waals surface area contributed by atoms with E-state index in [1.807, 2.05) is 0 Å². The topological polar surface area (TPSA) is 15.3 Å². The van der Waals surface area contributed by atoms with Crippen LogP contribution in [0.15, 0.2) is 24.3 Å². The van der Waals surface area contributed by atoms with Crippen molar-refractivity contribution in [1.82, 2.24) is 10.2 Å². The van der Waals surface area contributed by atoms with Crippen LogP contribution in [-0.2, 0) is 6.54 Å². The highest BCUT2D eigenvalue weighted by atomic mass is 15.3. The molecule has 0 radical (unpaired) electrons. The number of hydrogen-bond donors (Lipinski definition) is 1. The Balaban J connectivity index is 2.10. The Labute approximate surface area is 124 Å². The summed E-state index contributed by atoms with van der Waals surface area (Å²) in [5.41, 5.74) is 3.23. The summed E-state index contributed by atoms with van der Waals surface area (Å²) in [7, 11) is 0. The molecule has 0 bridgehead atoms. The van der Waals surface area contributed by atoms with Crippen LogP contribution in [0.4, 0.5) is 0 Å². The van der Waals surface area contributed by atoms with Crippen molar-refractivity contribution < 1.29 is 0 Å². The first-order valence-corrected chi connectivity index (χ1v) is 8.16. The van der Waals surface area contributed by atoms with Gasteiger partial charge in [-0.2, -0.15) is 0 Å². The lowest BCUT2D eigenvalue weighted by atomic mass is 9.88. The van der Waals surface area contributed by atoms with E-state index in [1.54, 1.807) is 0 Å². The average Bonchev–Trinajstić information content (AvgIpc) is 2.48. The van der Waals surface area contributed by atoms with Gasteiger partial charge in [0.1, 0.15) is 0 Å². The molecule has 0 saturated carbocycles. The molecule has 20 heavy (non-hydrogen) atoms. The van der Waals surface area contributed by atoms with Crippen LogP contribution in [-0.4, -0.2) is 30.1 Å². The third-order valence-corrected chi connectivity index (χ3v) is 5.02. The molecule has 0 amide bonds. The van der Waals surface area contributed by atoms with Gasteiger partial charge >= 0.3 is 0 Å². The Hall–Kier alpha value is -0.860. The first-order valence-electron chi connectivity index (χ1n) is 8.16. The van der Waals surface area contributed by atoms with Crippen molar-refractivity contribution >= 4 is 0 Å². The lowest BCUT2D eigenvalue weighted by Crippen LogP contribution is -2.60. The Morgan fingerprint density at radius 2 is 1.80 bits per heavy atom. The van der Waals surface area contributed by atoms with Crippen LogP contribution < -0.4 is 5.32 Å². The van der Waals surface area contributed by atoms with Gasteiger partial charge in [0.15, 0.2) is 0 Å². The molecule has 1 N–H and O–H groups in total. The number of piperazine rings is 1. The molecule has 0 spiro atoms. The lowest BCUT2D eigenvalue weighted by molar-refractivity contribution is 0.0447. The maximum Gasteiger partial charge on any atom is 0.0332 e. The summed E-state index contributed by atoms with van der Waals surface area (Å²) in [4.78, 5) is 2.69. The van der Waals surface area contributed by atoms with Crippen molar-refractivity contribution in [3.05, 3.63) is 35.4 Å². The molecule has 1 saturated heterocycles. The van der Waals surface area contributed by atoms with Crippen molar-refractivity contribution in [2.75, 3.05) is 19.6 Å². The second-order valence-corrected chi connectivity index (χ2v) is 6.43. The van der Waals surface area contributed by atoms with Gasteiger partial charge in [-0.15, -0.1) is 0 Å². The Morgan fingerprint density at radius 1 is 1.15 bits per heavy atom. The van der Waals surface area contributed by atoms with Crippen LogP contribution in [0.3, 0.4) is 0 Å². The van der Waals surface area contributed by atoms with Gasteiger partial charge in [0.25, 0.3) is 0 Å². The fourth-order valence-corrected chi connectivity index (χ4v) is 3.31. The van der Waals surface area contributed by atoms with E-state index in [1.165, 1.54) is 24.0 Å².